The highest BCUT2D eigenvalue weighted by molar-refractivity contribution is 4.84. The van der Waals surface area contributed by atoms with Gasteiger partial charge in [-0.2, -0.15) is 0 Å². The Kier molecular flexibility index (Phi) is 2.09. The van der Waals surface area contributed by atoms with Gasteiger partial charge >= 0.3 is 0 Å². The Hall–Kier alpha value is -0.0800. The van der Waals surface area contributed by atoms with Crippen molar-refractivity contribution in [3.05, 3.63) is 0 Å². The normalized spacial score (nSPS) is 23.3. The highest BCUT2D eigenvalue weighted by atomic mass is 16.7. The second-order valence-corrected chi connectivity index (χ2v) is 2.85. The van der Waals surface area contributed by atoms with Crippen molar-refractivity contribution in [2.75, 3.05) is 13.9 Å². The van der Waals surface area contributed by atoms with Crippen molar-refractivity contribution in [2.24, 2.45) is 0 Å². The van der Waals surface area contributed by atoms with Gasteiger partial charge in [0.1, 0.15) is 6.79 Å². The fourth-order valence-electron chi connectivity index (χ4n) is 1.02. The van der Waals surface area contributed by atoms with E-state index < -0.39 is 0 Å². The number of ether oxygens (including phenoxy) is 2. The lowest BCUT2D eigenvalue weighted by molar-refractivity contribution is -0.155. The Labute approximate surface area is 56.2 Å². The van der Waals surface area contributed by atoms with Gasteiger partial charge in [0.2, 0.25) is 0 Å². The lowest BCUT2D eigenvalue weighted by Crippen LogP contribution is -2.36. The molecule has 2 nitrogen and oxygen atoms in total. The van der Waals surface area contributed by atoms with Crippen molar-refractivity contribution in [1.29, 1.82) is 0 Å². The predicted octanol–water partition coefficient (Wildman–Crippen LogP) is 1.55. The molecule has 1 rings (SSSR count). The average molecular weight is 130 g/mol. The summed E-state index contributed by atoms with van der Waals surface area (Å²) in [5, 5.41) is 0. The van der Waals surface area contributed by atoms with Gasteiger partial charge in [0.05, 0.1) is 5.60 Å². The van der Waals surface area contributed by atoms with Crippen molar-refractivity contribution in [2.45, 2.75) is 31.8 Å². The van der Waals surface area contributed by atoms with E-state index in [1.165, 1.54) is 19.3 Å². The molecule has 0 heterocycles. The van der Waals surface area contributed by atoms with E-state index in [1.807, 2.05) is 0 Å². The fraction of sp³-hybridized carbons (Fsp3) is 1.00. The second kappa shape index (κ2) is 2.67. The minimum Gasteiger partial charge on any atom is -0.359 e. The summed E-state index contributed by atoms with van der Waals surface area (Å²) < 4.78 is 10.2. The van der Waals surface area contributed by atoms with E-state index in [0.29, 0.717) is 6.79 Å². The molecule has 0 aromatic rings. The SMILES string of the molecule is COCOC1(C)CCC1. The molecular weight excluding hydrogens is 116 g/mol. The van der Waals surface area contributed by atoms with Crippen molar-refractivity contribution >= 4 is 0 Å². The van der Waals surface area contributed by atoms with Gasteiger partial charge in [-0.05, 0) is 26.2 Å². The maximum Gasteiger partial charge on any atom is 0.147 e. The van der Waals surface area contributed by atoms with Gasteiger partial charge in [0.25, 0.3) is 0 Å². The molecule has 0 amide bonds. The van der Waals surface area contributed by atoms with Gasteiger partial charge in [-0.3, -0.25) is 0 Å². The quantitative estimate of drug-likeness (QED) is 0.540. The summed E-state index contributed by atoms with van der Waals surface area (Å²) in [4.78, 5) is 0. The van der Waals surface area contributed by atoms with Gasteiger partial charge in [0, 0.05) is 7.11 Å². The van der Waals surface area contributed by atoms with Crippen LogP contribution in [0.25, 0.3) is 0 Å². The largest absolute Gasteiger partial charge is 0.359 e. The zero-order valence-electron chi connectivity index (χ0n) is 6.14. The molecule has 0 atom stereocenters. The predicted molar refractivity (Wildman–Crippen MR) is 35.2 cm³/mol. The van der Waals surface area contributed by atoms with Crippen LogP contribution in [-0.4, -0.2) is 19.5 Å². The molecule has 0 unspecified atom stereocenters. The Morgan fingerprint density at radius 1 is 1.44 bits per heavy atom. The summed E-state index contributed by atoms with van der Waals surface area (Å²) in [5.74, 6) is 0. The van der Waals surface area contributed by atoms with Crippen LogP contribution < -0.4 is 0 Å². The van der Waals surface area contributed by atoms with Crippen LogP contribution in [0.15, 0.2) is 0 Å². The maximum absolute atomic E-state index is 5.39. The second-order valence-electron chi connectivity index (χ2n) is 2.85. The molecule has 0 spiro atoms. The third-order valence-corrected chi connectivity index (χ3v) is 1.94. The summed E-state index contributed by atoms with van der Waals surface area (Å²) in [5.41, 5.74) is 0.149. The van der Waals surface area contributed by atoms with Gasteiger partial charge in [0.15, 0.2) is 0 Å². The molecule has 0 aromatic carbocycles. The highest BCUT2D eigenvalue weighted by Gasteiger charge is 2.32. The van der Waals surface area contributed by atoms with E-state index >= 15 is 0 Å². The zero-order valence-corrected chi connectivity index (χ0v) is 6.14. The van der Waals surface area contributed by atoms with E-state index in [4.69, 9.17) is 9.47 Å². The molecule has 1 aliphatic carbocycles. The van der Waals surface area contributed by atoms with Gasteiger partial charge in [-0.15, -0.1) is 0 Å². The number of hydrogen-bond donors (Lipinski definition) is 0. The van der Waals surface area contributed by atoms with Crippen molar-refractivity contribution in [1.82, 2.24) is 0 Å². The summed E-state index contributed by atoms with van der Waals surface area (Å²) in [6.07, 6.45) is 3.69. The number of methoxy groups -OCH3 is 1. The third-order valence-electron chi connectivity index (χ3n) is 1.94. The first-order valence-electron chi connectivity index (χ1n) is 3.40. The van der Waals surface area contributed by atoms with Crippen LogP contribution in [0.1, 0.15) is 26.2 Å². The Morgan fingerprint density at radius 3 is 2.44 bits per heavy atom. The van der Waals surface area contributed by atoms with E-state index in [2.05, 4.69) is 6.92 Å². The topological polar surface area (TPSA) is 18.5 Å². The van der Waals surface area contributed by atoms with Gasteiger partial charge in [-0.25, -0.2) is 0 Å². The van der Waals surface area contributed by atoms with Crippen LogP contribution in [-0.2, 0) is 9.47 Å². The molecule has 0 N–H and O–H groups in total. The standard InChI is InChI=1S/C7H14O2/c1-7(4-3-5-7)9-6-8-2/h3-6H2,1-2H3. The maximum atomic E-state index is 5.39. The number of hydrogen-bond acceptors (Lipinski definition) is 2. The molecule has 0 aromatic heterocycles. The van der Waals surface area contributed by atoms with Crippen LogP contribution in [0.2, 0.25) is 0 Å². The van der Waals surface area contributed by atoms with Crippen molar-refractivity contribution < 1.29 is 9.47 Å². The minimum absolute atomic E-state index is 0.149. The smallest absolute Gasteiger partial charge is 0.147 e. The molecule has 1 saturated carbocycles. The molecule has 0 aliphatic heterocycles. The van der Waals surface area contributed by atoms with Crippen LogP contribution in [0, 0.1) is 0 Å². The van der Waals surface area contributed by atoms with E-state index in [9.17, 15) is 0 Å². The Morgan fingerprint density at radius 2 is 2.11 bits per heavy atom. The molecule has 0 radical (unpaired) electrons. The Balaban J connectivity index is 2.09. The molecule has 1 fully saturated rings. The average Bonchev–Trinajstić information content (AvgIpc) is 1.79. The third kappa shape index (κ3) is 1.66. The summed E-state index contributed by atoms with van der Waals surface area (Å²) in [7, 11) is 1.65. The lowest BCUT2D eigenvalue weighted by Gasteiger charge is -2.37. The zero-order chi connectivity index (χ0) is 6.74. The summed E-state index contributed by atoms with van der Waals surface area (Å²) >= 11 is 0. The minimum atomic E-state index is 0.149. The molecule has 54 valence electrons. The molecule has 0 bridgehead atoms. The molecule has 9 heavy (non-hydrogen) atoms. The van der Waals surface area contributed by atoms with Crippen molar-refractivity contribution in [3.63, 3.8) is 0 Å². The van der Waals surface area contributed by atoms with E-state index in [1.54, 1.807) is 7.11 Å². The fourth-order valence-corrected chi connectivity index (χ4v) is 1.02. The first-order chi connectivity index (χ1) is 4.27. The van der Waals surface area contributed by atoms with Crippen LogP contribution in [0.3, 0.4) is 0 Å². The van der Waals surface area contributed by atoms with Gasteiger partial charge in [-0.1, -0.05) is 0 Å². The number of rotatable bonds is 3. The monoisotopic (exact) mass is 130 g/mol. The summed E-state index contributed by atoms with van der Waals surface area (Å²) in [6, 6.07) is 0. The van der Waals surface area contributed by atoms with Gasteiger partial charge < -0.3 is 9.47 Å². The summed E-state index contributed by atoms with van der Waals surface area (Å²) in [6.45, 7) is 2.58. The molecule has 1 aliphatic rings. The molecule has 0 saturated heterocycles. The van der Waals surface area contributed by atoms with E-state index in [-0.39, 0.29) is 5.60 Å². The van der Waals surface area contributed by atoms with E-state index in [0.717, 1.165) is 0 Å². The lowest BCUT2D eigenvalue weighted by atomic mass is 9.82. The Bertz CT molecular complexity index is 86.9. The van der Waals surface area contributed by atoms with Crippen LogP contribution in [0.4, 0.5) is 0 Å². The highest BCUT2D eigenvalue weighted by Crippen LogP contribution is 2.34. The molecule has 2 heteroatoms. The first-order valence-corrected chi connectivity index (χ1v) is 3.40. The first kappa shape index (κ1) is 7.03. The van der Waals surface area contributed by atoms with Crippen LogP contribution in [0.5, 0.6) is 0 Å². The van der Waals surface area contributed by atoms with Crippen LogP contribution >= 0.6 is 0 Å². The molecular formula is C7H14O2. The van der Waals surface area contributed by atoms with Crippen molar-refractivity contribution in [3.8, 4) is 0 Å².